The van der Waals surface area contributed by atoms with Crippen LogP contribution in [0.3, 0.4) is 0 Å². The fourth-order valence-electron chi connectivity index (χ4n) is 3.62. The highest BCUT2D eigenvalue weighted by Gasteiger charge is 2.34. The largest absolute Gasteiger partial charge is 0.494 e. The Balaban J connectivity index is 1.44. The van der Waals surface area contributed by atoms with Crippen LogP contribution < -0.4 is 24.8 Å². The molecule has 1 fully saturated rings. The molecule has 12 heteroatoms. The summed E-state index contributed by atoms with van der Waals surface area (Å²) < 4.78 is 28.2. The lowest BCUT2D eigenvalue weighted by atomic mass is 10.1. The standard InChI is InChI=1S/C28H27FN6O4S/c1-3-38-24-6-4-5-23(37-2)26(24)35-25(36)16-40-28(35)34-33-15-19-7-9-20(10-8-19)27(30)32-18-31-21-11-13-22(14-12-21)39-17-29/h4-15,18H,3,16-17H2,1-2H3,(H2,30,31,32)/b33-15+,34-28-. The number of rotatable bonds is 11. The number of aliphatic imine (C=N–C) groups is 2. The van der Waals surface area contributed by atoms with Crippen molar-refractivity contribution in [2.24, 2.45) is 25.9 Å². The number of halogens is 1. The van der Waals surface area contributed by atoms with Crippen molar-refractivity contribution >= 4 is 52.6 Å². The quantitative estimate of drug-likeness (QED) is 0.201. The zero-order chi connectivity index (χ0) is 28.3. The van der Waals surface area contributed by atoms with Gasteiger partial charge in [-0.05, 0) is 48.9 Å². The van der Waals surface area contributed by atoms with Gasteiger partial charge in [0.05, 0.1) is 31.4 Å². The van der Waals surface area contributed by atoms with Gasteiger partial charge in [-0.15, -0.1) is 5.10 Å². The number of nitrogens with zero attached hydrogens (tertiary/aromatic N) is 5. The van der Waals surface area contributed by atoms with E-state index in [4.69, 9.17) is 19.9 Å². The monoisotopic (exact) mass is 562 g/mol. The van der Waals surface area contributed by atoms with Crippen LogP contribution in [0.1, 0.15) is 18.1 Å². The van der Waals surface area contributed by atoms with Crippen molar-refractivity contribution in [3.05, 3.63) is 77.9 Å². The van der Waals surface area contributed by atoms with E-state index in [-0.39, 0.29) is 17.5 Å². The van der Waals surface area contributed by atoms with Crippen LogP contribution in [0.25, 0.3) is 0 Å². The molecule has 1 aliphatic rings. The summed E-state index contributed by atoms with van der Waals surface area (Å²) >= 11 is 1.29. The molecule has 0 radical (unpaired) electrons. The van der Waals surface area contributed by atoms with E-state index in [0.29, 0.717) is 46.0 Å². The van der Waals surface area contributed by atoms with Gasteiger partial charge in [0.25, 0.3) is 0 Å². The van der Waals surface area contributed by atoms with Gasteiger partial charge in [-0.3, -0.25) is 4.79 Å². The lowest BCUT2D eigenvalue weighted by molar-refractivity contribution is -0.115. The molecule has 0 aromatic heterocycles. The van der Waals surface area contributed by atoms with E-state index < -0.39 is 6.86 Å². The number of hydrogen-bond acceptors (Lipinski definition) is 8. The third-order valence-corrected chi connectivity index (χ3v) is 6.40. The summed E-state index contributed by atoms with van der Waals surface area (Å²) in [7, 11) is 1.54. The van der Waals surface area contributed by atoms with Gasteiger partial charge < -0.3 is 19.9 Å². The summed E-state index contributed by atoms with van der Waals surface area (Å²) in [4.78, 5) is 22.6. The van der Waals surface area contributed by atoms with Crippen molar-refractivity contribution < 1.29 is 23.4 Å². The minimum atomic E-state index is -0.888. The Morgan fingerprint density at radius 3 is 2.52 bits per heavy atom. The van der Waals surface area contributed by atoms with Crippen LogP contribution in [0.4, 0.5) is 15.8 Å². The molecule has 0 unspecified atom stereocenters. The number of carbonyl (C=O) groups is 1. The van der Waals surface area contributed by atoms with Crippen molar-refractivity contribution in [3.63, 3.8) is 0 Å². The van der Waals surface area contributed by atoms with Crippen LogP contribution >= 0.6 is 11.8 Å². The number of amidine groups is 2. The second-order valence-corrected chi connectivity index (χ2v) is 8.96. The number of benzene rings is 3. The molecule has 10 nitrogen and oxygen atoms in total. The lowest BCUT2D eigenvalue weighted by Gasteiger charge is -2.21. The fraction of sp³-hybridized carbons (Fsp3) is 0.179. The molecule has 0 aliphatic carbocycles. The topological polar surface area (TPSA) is 123 Å². The second-order valence-electron chi connectivity index (χ2n) is 8.01. The zero-order valence-corrected chi connectivity index (χ0v) is 22.7. The first kappa shape index (κ1) is 28.3. The van der Waals surface area contributed by atoms with Gasteiger partial charge in [0.2, 0.25) is 12.8 Å². The highest BCUT2D eigenvalue weighted by atomic mass is 32.2. The number of thioether (sulfide) groups is 1. The highest BCUT2D eigenvalue weighted by molar-refractivity contribution is 8.15. The zero-order valence-electron chi connectivity index (χ0n) is 21.9. The maximum Gasteiger partial charge on any atom is 0.243 e. The van der Waals surface area contributed by atoms with E-state index >= 15 is 0 Å². The number of alkyl halides is 1. The molecule has 40 heavy (non-hydrogen) atoms. The van der Waals surface area contributed by atoms with Gasteiger partial charge in [-0.1, -0.05) is 42.1 Å². The van der Waals surface area contributed by atoms with Crippen molar-refractivity contribution in [2.45, 2.75) is 6.92 Å². The number of carbonyl (C=O) groups excluding carboxylic acids is 1. The van der Waals surface area contributed by atoms with Gasteiger partial charge in [-0.25, -0.2) is 19.3 Å². The van der Waals surface area contributed by atoms with Gasteiger partial charge in [0.15, 0.2) is 5.17 Å². The molecule has 2 N–H and O–H groups in total. The van der Waals surface area contributed by atoms with Gasteiger partial charge in [-0.2, -0.15) is 5.10 Å². The van der Waals surface area contributed by atoms with Crippen molar-refractivity contribution in [3.8, 4) is 17.2 Å². The average molecular weight is 563 g/mol. The molecule has 1 aliphatic heterocycles. The molecule has 0 saturated carbocycles. The van der Waals surface area contributed by atoms with E-state index in [1.807, 2.05) is 19.1 Å². The van der Waals surface area contributed by atoms with Crippen molar-refractivity contribution in [1.82, 2.24) is 0 Å². The van der Waals surface area contributed by atoms with Gasteiger partial charge in [0, 0.05) is 5.56 Å². The molecule has 1 amide bonds. The van der Waals surface area contributed by atoms with E-state index in [1.54, 1.807) is 60.8 Å². The molecule has 0 spiro atoms. The lowest BCUT2D eigenvalue weighted by Crippen LogP contribution is -2.30. The summed E-state index contributed by atoms with van der Waals surface area (Å²) in [6.45, 7) is 1.42. The number of amides is 1. The predicted molar refractivity (Wildman–Crippen MR) is 157 cm³/mol. The number of ether oxygens (including phenoxy) is 3. The third-order valence-electron chi connectivity index (χ3n) is 5.49. The number of para-hydroxylation sites is 1. The maximum atomic E-state index is 12.7. The third kappa shape index (κ3) is 7.03. The van der Waals surface area contributed by atoms with Crippen LogP contribution in [0.5, 0.6) is 17.2 Å². The number of hydrogen-bond donors (Lipinski definition) is 1. The molecule has 4 rings (SSSR count). The molecule has 206 valence electrons. The normalized spacial score (nSPS) is 15.0. The molecular weight excluding hydrogens is 535 g/mol. The Kier molecular flexibility index (Phi) is 9.83. The Morgan fingerprint density at radius 2 is 1.82 bits per heavy atom. The molecule has 3 aromatic carbocycles. The smallest absolute Gasteiger partial charge is 0.243 e. The minimum absolute atomic E-state index is 0.144. The number of methoxy groups -OCH3 is 1. The first-order valence-electron chi connectivity index (χ1n) is 12.2. The Hall–Kier alpha value is -4.71. The Morgan fingerprint density at radius 1 is 1.07 bits per heavy atom. The van der Waals surface area contributed by atoms with Gasteiger partial charge in [0.1, 0.15) is 35.1 Å². The Labute approximate surface area is 235 Å². The summed E-state index contributed by atoms with van der Waals surface area (Å²) in [5, 5.41) is 8.91. The van der Waals surface area contributed by atoms with Gasteiger partial charge >= 0.3 is 0 Å². The van der Waals surface area contributed by atoms with E-state index in [2.05, 4.69) is 20.2 Å². The van der Waals surface area contributed by atoms with Crippen molar-refractivity contribution in [2.75, 3.05) is 31.2 Å². The molecule has 3 aromatic rings. The predicted octanol–water partition coefficient (Wildman–Crippen LogP) is 4.93. The summed E-state index contributed by atoms with van der Waals surface area (Å²) in [5.74, 6) is 1.81. The van der Waals surface area contributed by atoms with Crippen LogP contribution in [-0.2, 0) is 4.79 Å². The molecular formula is C28H27FN6O4S. The van der Waals surface area contributed by atoms with Crippen LogP contribution in [0, 0.1) is 0 Å². The van der Waals surface area contributed by atoms with Crippen LogP contribution in [0.15, 0.2) is 86.9 Å². The van der Waals surface area contributed by atoms with Crippen LogP contribution in [-0.4, -0.2) is 55.8 Å². The SMILES string of the molecule is CCOc1cccc(OC)c1N1C(=O)CS/C1=N\N=C\c1ccc(C(N)=NC=Nc2ccc(OCF)cc2)cc1. The minimum Gasteiger partial charge on any atom is -0.494 e. The number of anilines is 1. The summed E-state index contributed by atoms with van der Waals surface area (Å²) in [5.41, 5.74) is 8.68. The Bertz CT molecular complexity index is 1440. The van der Waals surface area contributed by atoms with E-state index in [1.165, 1.54) is 30.1 Å². The van der Waals surface area contributed by atoms with E-state index in [0.717, 1.165) is 5.56 Å². The maximum absolute atomic E-state index is 12.7. The first-order chi connectivity index (χ1) is 19.5. The van der Waals surface area contributed by atoms with Crippen molar-refractivity contribution in [1.29, 1.82) is 0 Å². The first-order valence-corrected chi connectivity index (χ1v) is 13.1. The number of nitrogens with two attached hydrogens (primary N) is 1. The highest BCUT2D eigenvalue weighted by Crippen LogP contribution is 2.41. The molecule has 1 heterocycles. The molecule has 0 bridgehead atoms. The molecule has 0 atom stereocenters. The average Bonchev–Trinajstić information content (AvgIpc) is 3.33. The van der Waals surface area contributed by atoms with Crippen LogP contribution in [0.2, 0.25) is 0 Å². The summed E-state index contributed by atoms with van der Waals surface area (Å²) in [6, 6.07) is 19.2. The fourth-order valence-corrected chi connectivity index (χ4v) is 4.43. The second kappa shape index (κ2) is 13.9. The van der Waals surface area contributed by atoms with E-state index in [9.17, 15) is 9.18 Å². The molecule has 1 saturated heterocycles. The summed E-state index contributed by atoms with van der Waals surface area (Å²) in [6.07, 6.45) is 2.92.